The summed E-state index contributed by atoms with van der Waals surface area (Å²) in [5.41, 5.74) is 6.23. The molecule has 1 saturated carbocycles. The van der Waals surface area contributed by atoms with Gasteiger partial charge < -0.3 is 4.42 Å². The fraction of sp³-hybridized carbons (Fsp3) is 0.471. The van der Waals surface area contributed by atoms with Crippen LogP contribution in [0.2, 0.25) is 0 Å². The van der Waals surface area contributed by atoms with Gasteiger partial charge in [0, 0.05) is 11.3 Å². The maximum atomic E-state index is 11.3. The number of benzene rings is 1. The van der Waals surface area contributed by atoms with Crippen LogP contribution in [0.4, 0.5) is 0 Å². The second-order valence-electron chi connectivity index (χ2n) is 6.45. The van der Waals surface area contributed by atoms with Gasteiger partial charge in [0.1, 0.15) is 0 Å². The van der Waals surface area contributed by atoms with Crippen LogP contribution >= 0.6 is 11.8 Å². The molecule has 0 bridgehead atoms. The summed E-state index contributed by atoms with van der Waals surface area (Å²) in [6.07, 6.45) is 5.03. The van der Waals surface area contributed by atoms with Crippen LogP contribution in [0.3, 0.4) is 0 Å². The van der Waals surface area contributed by atoms with Crippen molar-refractivity contribution in [3.63, 3.8) is 0 Å². The van der Waals surface area contributed by atoms with E-state index in [1.807, 2.05) is 18.2 Å². The molecule has 0 saturated heterocycles. The first kappa shape index (κ1) is 15.5. The Hall–Kier alpha value is -2.02. The number of rotatable bonds is 2. The minimum Gasteiger partial charge on any atom is -0.408 e. The molecule has 1 aliphatic heterocycles. The first-order valence-corrected chi connectivity index (χ1v) is 9.34. The number of thioether (sulfide) groups is 1. The van der Waals surface area contributed by atoms with E-state index in [1.165, 1.54) is 25.7 Å². The molecular weight excluding hydrogens is 324 g/mol. The number of oxazole rings is 1. The standard InChI is InChI=1S/C17H20N4O2S/c1-10-4-2-3-5-12(10)18-16-21-20-14(9-24-16)11-6-7-13-15(8-11)23-17(22)19-13/h6-8,10,12H,2-5,9H2,1H3,(H,18,21)(H,19,22). The van der Waals surface area contributed by atoms with Gasteiger partial charge in [-0.15, -0.1) is 0 Å². The molecule has 6 nitrogen and oxygen atoms in total. The van der Waals surface area contributed by atoms with Gasteiger partial charge in [0.25, 0.3) is 0 Å². The summed E-state index contributed by atoms with van der Waals surface area (Å²) in [7, 11) is 0. The summed E-state index contributed by atoms with van der Waals surface area (Å²) in [4.78, 5) is 18.7. The molecule has 2 aromatic rings. The number of aliphatic imine (C=N–C) groups is 1. The molecule has 7 heteroatoms. The molecule has 1 fully saturated rings. The van der Waals surface area contributed by atoms with Crippen LogP contribution in [0.5, 0.6) is 0 Å². The Morgan fingerprint density at radius 2 is 2.21 bits per heavy atom. The maximum Gasteiger partial charge on any atom is 0.417 e. The Morgan fingerprint density at radius 1 is 1.33 bits per heavy atom. The SMILES string of the molecule is CC1CCCCC1N=C1NN=C(c2ccc3[nH]c(=O)oc3c2)CS1. The van der Waals surface area contributed by atoms with Gasteiger partial charge >= 0.3 is 5.76 Å². The van der Waals surface area contributed by atoms with Crippen LogP contribution < -0.4 is 11.2 Å². The summed E-state index contributed by atoms with van der Waals surface area (Å²) < 4.78 is 5.12. The number of aromatic amines is 1. The molecule has 2 atom stereocenters. The number of aromatic nitrogens is 1. The zero-order valence-electron chi connectivity index (χ0n) is 13.5. The van der Waals surface area contributed by atoms with Gasteiger partial charge in [0.05, 0.1) is 17.3 Å². The van der Waals surface area contributed by atoms with Gasteiger partial charge in [-0.25, -0.2) is 4.79 Å². The molecule has 0 amide bonds. The van der Waals surface area contributed by atoms with Crippen LogP contribution in [0.15, 0.2) is 37.5 Å². The van der Waals surface area contributed by atoms with Crippen LogP contribution in [-0.4, -0.2) is 27.7 Å². The minimum atomic E-state index is -0.434. The summed E-state index contributed by atoms with van der Waals surface area (Å²) in [6, 6.07) is 6.05. The lowest BCUT2D eigenvalue weighted by atomic mass is 9.86. The van der Waals surface area contributed by atoms with Crippen molar-refractivity contribution >= 4 is 33.7 Å². The van der Waals surface area contributed by atoms with Crippen molar-refractivity contribution in [1.29, 1.82) is 0 Å². The van der Waals surface area contributed by atoms with Crippen molar-refractivity contribution in [3.05, 3.63) is 34.3 Å². The monoisotopic (exact) mass is 344 g/mol. The lowest BCUT2D eigenvalue weighted by Crippen LogP contribution is -2.29. The topological polar surface area (TPSA) is 82.8 Å². The number of amidine groups is 1. The average Bonchev–Trinajstić information content (AvgIpc) is 2.97. The summed E-state index contributed by atoms with van der Waals surface area (Å²) in [5.74, 6) is 0.974. The van der Waals surface area contributed by atoms with Crippen molar-refractivity contribution in [2.75, 3.05) is 5.75 Å². The van der Waals surface area contributed by atoms with Crippen molar-refractivity contribution in [3.8, 4) is 0 Å². The summed E-state index contributed by atoms with van der Waals surface area (Å²) in [5, 5.41) is 5.38. The normalized spacial score (nSPS) is 26.4. The third-order valence-electron chi connectivity index (χ3n) is 4.74. The van der Waals surface area contributed by atoms with Gasteiger partial charge in [-0.05, 0) is 30.9 Å². The smallest absolute Gasteiger partial charge is 0.408 e. The Morgan fingerprint density at radius 3 is 3.00 bits per heavy atom. The number of fused-ring (bicyclic) bond motifs is 1. The lowest BCUT2D eigenvalue weighted by Gasteiger charge is -2.26. The quantitative estimate of drug-likeness (QED) is 0.877. The highest BCUT2D eigenvalue weighted by atomic mass is 32.2. The zero-order chi connectivity index (χ0) is 16.5. The highest BCUT2D eigenvalue weighted by Crippen LogP contribution is 2.27. The molecule has 2 N–H and O–H groups in total. The highest BCUT2D eigenvalue weighted by Gasteiger charge is 2.22. The molecule has 0 spiro atoms. The second kappa shape index (κ2) is 6.47. The molecule has 4 rings (SSSR count). The van der Waals surface area contributed by atoms with Gasteiger partial charge in [-0.1, -0.05) is 37.6 Å². The fourth-order valence-electron chi connectivity index (χ4n) is 3.29. The van der Waals surface area contributed by atoms with Crippen LogP contribution in [0.1, 0.15) is 38.2 Å². The van der Waals surface area contributed by atoms with Crippen molar-refractivity contribution in [2.45, 2.75) is 38.6 Å². The zero-order valence-corrected chi connectivity index (χ0v) is 14.4. The molecular formula is C17H20N4O2S. The maximum absolute atomic E-state index is 11.3. The molecule has 126 valence electrons. The van der Waals surface area contributed by atoms with Gasteiger partial charge in [-0.3, -0.25) is 15.4 Å². The van der Waals surface area contributed by atoms with E-state index < -0.39 is 5.76 Å². The molecule has 1 aromatic heterocycles. The summed E-state index contributed by atoms with van der Waals surface area (Å²) >= 11 is 1.68. The number of hydrogen-bond donors (Lipinski definition) is 2. The Labute approximate surface area is 143 Å². The van der Waals surface area contributed by atoms with E-state index in [9.17, 15) is 4.79 Å². The van der Waals surface area contributed by atoms with Gasteiger partial charge in [0.2, 0.25) is 0 Å². The van der Waals surface area contributed by atoms with E-state index in [4.69, 9.17) is 9.41 Å². The second-order valence-corrected chi connectivity index (χ2v) is 7.41. The molecule has 1 aliphatic carbocycles. The first-order chi connectivity index (χ1) is 11.7. The number of hydrazone groups is 1. The van der Waals surface area contributed by atoms with Crippen LogP contribution in [0, 0.1) is 5.92 Å². The largest absolute Gasteiger partial charge is 0.417 e. The fourth-order valence-corrected chi connectivity index (χ4v) is 4.12. The Kier molecular flexibility index (Phi) is 4.18. The number of nitrogens with one attached hydrogen (secondary N) is 2. The number of H-pyrrole nitrogens is 1. The van der Waals surface area contributed by atoms with Crippen molar-refractivity contribution < 1.29 is 4.42 Å². The van der Waals surface area contributed by atoms with E-state index in [1.54, 1.807) is 11.8 Å². The minimum absolute atomic E-state index is 0.413. The predicted octanol–water partition coefficient (Wildman–Crippen LogP) is 3.10. The highest BCUT2D eigenvalue weighted by molar-refractivity contribution is 8.14. The van der Waals surface area contributed by atoms with Gasteiger partial charge in [0.15, 0.2) is 10.8 Å². The molecule has 1 aromatic carbocycles. The van der Waals surface area contributed by atoms with Gasteiger partial charge in [-0.2, -0.15) is 5.10 Å². The molecule has 2 unspecified atom stereocenters. The molecule has 2 heterocycles. The number of nitrogens with zero attached hydrogens (tertiary/aromatic N) is 2. The molecule has 0 radical (unpaired) electrons. The third kappa shape index (κ3) is 3.13. The third-order valence-corrected chi connectivity index (χ3v) is 5.62. The molecule has 2 aliphatic rings. The van der Waals surface area contributed by atoms with E-state index >= 15 is 0 Å². The van der Waals surface area contributed by atoms with E-state index in [-0.39, 0.29) is 0 Å². The van der Waals surface area contributed by atoms with Crippen LogP contribution in [0.25, 0.3) is 11.1 Å². The summed E-state index contributed by atoms with van der Waals surface area (Å²) in [6.45, 7) is 2.29. The number of hydrogen-bond acceptors (Lipinski definition) is 5. The van der Waals surface area contributed by atoms with Crippen LogP contribution in [-0.2, 0) is 0 Å². The van der Waals surface area contributed by atoms with E-state index in [0.29, 0.717) is 23.1 Å². The Balaban J connectivity index is 1.51. The van der Waals surface area contributed by atoms with Crippen molar-refractivity contribution in [2.24, 2.45) is 16.0 Å². The Bertz CT molecular complexity index is 867. The van der Waals surface area contributed by atoms with E-state index in [2.05, 4.69) is 22.4 Å². The lowest BCUT2D eigenvalue weighted by molar-refractivity contribution is 0.333. The first-order valence-electron chi connectivity index (χ1n) is 8.35. The van der Waals surface area contributed by atoms with Crippen molar-refractivity contribution in [1.82, 2.24) is 10.4 Å². The predicted molar refractivity (Wildman–Crippen MR) is 97.8 cm³/mol. The average molecular weight is 344 g/mol. The molecule has 24 heavy (non-hydrogen) atoms. The van der Waals surface area contributed by atoms with E-state index in [0.717, 1.165) is 22.2 Å².